The van der Waals surface area contributed by atoms with Gasteiger partial charge in [-0.15, -0.1) is 0 Å². The Morgan fingerprint density at radius 1 is 1.43 bits per heavy atom. The standard InChI is InChI=1S/C16H21N5O2/c1-10-15(9-17-21(10)2)18-16(22)14-8-13(19-20-14)11-5-4-6-12(7-11)23-3/h4-7,9,13-14,19-20H,8H2,1-3H3,(H,18,22). The van der Waals surface area contributed by atoms with Crippen LogP contribution in [0.2, 0.25) is 0 Å². The van der Waals surface area contributed by atoms with Crippen molar-refractivity contribution in [3.63, 3.8) is 0 Å². The number of hydrogen-bond acceptors (Lipinski definition) is 5. The van der Waals surface area contributed by atoms with E-state index in [2.05, 4.69) is 21.3 Å². The van der Waals surface area contributed by atoms with Crippen LogP contribution in [-0.4, -0.2) is 28.8 Å². The highest BCUT2D eigenvalue weighted by molar-refractivity contribution is 5.95. The second-order valence-corrected chi connectivity index (χ2v) is 5.66. The van der Waals surface area contributed by atoms with Gasteiger partial charge in [-0.25, -0.2) is 10.9 Å². The molecule has 2 aromatic rings. The third kappa shape index (κ3) is 3.20. The van der Waals surface area contributed by atoms with Crippen molar-refractivity contribution >= 4 is 11.6 Å². The van der Waals surface area contributed by atoms with Crippen LogP contribution in [0.5, 0.6) is 5.75 Å². The minimum Gasteiger partial charge on any atom is -0.497 e. The van der Waals surface area contributed by atoms with Crippen LogP contribution in [0.25, 0.3) is 0 Å². The molecule has 2 unspecified atom stereocenters. The van der Waals surface area contributed by atoms with E-state index in [1.807, 2.05) is 38.2 Å². The Morgan fingerprint density at radius 3 is 2.96 bits per heavy atom. The molecule has 1 aliphatic rings. The third-order valence-electron chi connectivity index (χ3n) is 4.21. The van der Waals surface area contributed by atoms with Gasteiger partial charge in [0.05, 0.1) is 24.7 Å². The van der Waals surface area contributed by atoms with Crippen molar-refractivity contribution in [2.75, 3.05) is 12.4 Å². The molecule has 7 nitrogen and oxygen atoms in total. The maximum absolute atomic E-state index is 12.4. The lowest BCUT2D eigenvalue weighted by atomic mass is 10.0. The summed E-state index contributed by atoms with van der Waals surface area (Å²) in [5, 5.41) is 7.05. The predicted octanol–water partition coefficient (Wildman–Crippen LogP) is 1.28. The molecule has 0 aliphatic carbocycles. The molecule has 0 spiro atoms. The molecule has 1 aromatic carbocycles. The first-order chi connectivity index (χ1) is 11.1. The molecule has 2 heterocycles. The maximum atomic E-state index is 12.4. The highest BCUT2D eigenvalue weighted by Gasteiger charge is 2.30. The van der Waals surface area contributed by atoms with E-state index in [0.29, 0.717) is 6.42 Å². The van der Waals surface area contributed by atoms with Gasteiger partial charge in [0.1, 0.15) is 11.8 Å². The molecule has 0 bridgehead atoms. The fourth-order valence-corrected chi connectivity index (χ4v) is 2.65. The van der Waals surface area contributed by atoms with E-state index in [-0.39, 0.29) is 18.0 Å². The minimum absolute atomic E-state index is 0.0656. The monoisotopic (exact) mass is 315 g/mol. The zero-order valence-corrected chi connectivity index (χ0v) is 13.5. The summed E-state index contributed by atoms with van der Waals surface area (Å²) < 4.78 is 6.98. The van der Waals surface area contributed by atoms with Gasteiger partial charge in [-0.2, -0.15) is 5.10 Å². The van der Waals surface area contributed by atoms with E-state index in [1.165, 1.54) is 0 Å². The fraction of sp³-hybridized carbons (Fsp3) is 0.375. The molecule has 0 radical (unpaired) electrons. The Balaban J connectivity index is 1.64. The first-order valence-electron chi connectivity index (χ1n) is 7.53. The van der Waals surface area contributed by atoms with Crippen LogP contribution < -0.4 is 20.9 Å². The molecule has 1 amide bonds. The lowest BCUT2D eigenvalue weighted by Crippen LogP contribution is -2.39. The number of aromatic nitrogens is 2. The number of nitrogens with one attached hydrogen (secondary N) is 3. The average Bonchev–Trinajstić information content (AvgIpc) is 3.18. The van der Waals surface area contributed by atoms with E-state index in [0.717, 1.165) is 22.7 Å². The molecule has 23 heavy (non-hydrogen) atoms. The molecule has 7 heteroatoms. The van der Waals surface area contributed by atoms with E-state index >= 15 is 0 Å². The molecule has 0 saturated carbocycles. The van der Waals surface area contributed by atoms with Gasteiger partial charge >= 0.3 is 0 Å². The second kappa shape index (κ2) is 6.39. The molecule has 1 fully saturated rings. The first-order valence-corrected chi connectivity index (χ1v) is 7.53. The topological polar surface area (TPSA) is 80.2 Å². The average molecular weight is 315 g/mol. The van der Waals surface area contributed by atoms with Crippen LogP contribution in [0.15, 0.2) is 30.5 Å². The number of methoxy groups -OCH3 is 1. The Morgan fingerprint density at radius 2 is 2.26 bits per heavy atom. The van der Waals surface area contributed by atoms with E-state index in [9.17, 15) is 4.79 Å². The summed E-state index contributed by atoms with van der Waals surface area (Å²) in [6.45, 7) is 1.92. The van der Waals surface area contributed by atoms with Gasteiger partial charge in [0.15, 0.2) is 0 Å². The molecular weight excluding hydrogens is 294 g/mol. The summed E-state index contributed by atoms with van der Waals surface area (Å²) in [5.41, 5.74) is 8.98. The van der Waals surface area contributed by atoms with Crippen molar-refractivity contribution in [1.29, 1.82) is 0 Å². The SMILES string of the molecule is COc1cccc(C2CC(C(=O)Nc3cnn(C)c3C)NN2)c1. The van der Waals surface area contributed by atoms with Crippen molar-refractivity contribution < 1.29 is 9.53 Å². The summed E-state index contributed by atoms with van der Waals surface area (Å²) in [4.78, 5) is 12.4. The van der Waals surface area contributed by atoms with E-state index in [1.54, 1.807) is 18.0 Å². The molecule has 1 aromatic heterocycles. The number of hydrogen-bond donors (Lipinski definition) is 3. The van der Waals surface area contributed by atoms with Crippen LogP contribution in [-0.2, 0) is 11.8 Å². The first kappa shape index (κ1) is 15.5. The molecule has 122 valence electrons. The molecule has 2 atom stereocenters. The van der Waals surface area contributed by atoms with Crippen LogP contribution in [0.4, 0.5) is 5.69 Å². The zero-order valence-electron chi connectivity index (χ0n) is 13.5. The van der Waals surface area contributed by atoms with Crippen molar-refractivity contribution in [3.8, 4) is 5.75 Å². The Kier molecular flexibility index (Phi) is 4.31. The summed E-state index contributed by atoms with van der Waals surface area (Å²) in [6, 6.07) is 7.61. The van der Waals surface area contributed by atoms with Crippen LogP contribution >= 0.6 is 0 Å². The number of anilines is 1. The van der Waals surface area contributed by atoms with Crippen LogP contribution in [0.1, 0.15) is 23.7 Å². The summed E-state index contributed by atoms with van der Waals surface area (Å²) in [6.07, 6.45) is 2.33. The van der Waals surface area contributed by atoms with Gasteiger partial charge in [0.2, 0.25) is 5.91 Å². The Labute approximate surface area is 135 Å². The summed E-state index contributed by atoms with van der Waals surface area (Å²) in [5.74, 6) is 0.738. The summed E-state index contributed by atoms with van der Waals surface area (Å²) in [7, 11) is 3.49. The predicted molar refractivity (Wildman–Crippen MR) is 87.0 cm³/mol. The van der Waals surface area contributed by atoms with Gasteiger partial charge in [-0.05, 0) is 31.0 Å². The van der Waals surface area contributed by atoms with Crippen molar-refractivity contribution in [3.05, 3.63) is 41.7 Å². The minimum atomic E-state index is -0.300. The van der Waals surface area contributed by atoms with Gasteiger partial charge < -0.3 is 10.1 Å². The van der Waals surface area contributed by atoms with E-state index < -0.39 is 0 Å². The third-order valence-corrected chi connectivity index (χ3v) is 4.21. The number of hydrazine groups is 1. The normalized spacial score (nSPS) is 20.5. The number of benzene rings is 1. The number of nitrogens with zero attached hydrogens (tertiary/aromatic N) is 2. The fourth-order valence-electron chi connectivity index (χ4n) is 2.65. The van der Waals surface area contributed by atoms with Crippen LogP contribution in [0, 0.1) is 6.92 Å². The van der Waals surface area contributed by atoms with Crippen molar-refractivity contribution in [2.45, 2.75) is 25.4 Å². The lowest BCUT2D eigenvalue weighted by Gasteiger charge is -2.11. The quantitative estimate of drug-likeness (QED) is 0.792. The van der Waals surface area contributed by atoms with Gasteiger partial charge in [0, 0.05) is 13.1 Å². The Bertz CT molecular complexity index is 712. The summed E-state index contributed by atoms with van der Waals surface area (Å²) >= 11 is 0. The molecular formula is C16H21N5O2. The van der Waals surface area contributed by atoms with Crippen LogP contribution in [0.3, 0.4) is 0 Å². The number of carbonyl (C=O) groups excluding carboxylic acids is 1. The number of ether oxygens (including phenoxy) is 1. The highest BCUT2D eigenvalue weighted by atomic mass is 16.5. The molecule has 3 N–H and O–H groups in total. The molecule has 1 aliphatic heterocycles. The number of rotatable bonds is 4. The number of carbonyl (C=O) groups is 1. The molecule has 3 rings (SSSR count). The second-order valence-electron chi connectivity index (χ2n) is 5.66. The van der Waals surface area contributed by atoms with E-state index in [4.69, 9.17) is 4.74 Å². The maximum Gasteiger partial charge on any atom is 0.243 e. The lowest BCUT2D eigenvalue weighted by molar-refractivity contribution is -0.117. The number of aryl methyl sites for hydroxylation is 1. The van der Waals surface area contributed by atoms with Gasteiger partial charge in [-0.1, -0.05) is 12.1 Å². The molecule has 1 saturated heterocycles. The smallest absolute Gasteiger partial charge is 0.243 e. The van der Waals surface area contributed by atoms with Gasteiger partial charge in [-0.3, -0.25) is 9.48 Å². The largest absolute Gasteiger partial charge is 0.497 e. The zero-order chi connectivity index (χ0) is 16.4. The number of amides is 1. The Hall–Kier alpha value is -2.38. The van der Waals surface area contributed by atoms with Gasteiger partial charge in [0.25, 0.3) is 0 Å². The van der Waals surface area contributed by atoms with Crippen molar-refractivity contribution in [1.82, 2.24) is 20.6 Å². The highest BCUT2D eigenvalue weighted by Crippen LogP contribution is 2.26. The van der Waals surface area contributed by atoms with Crippen molar-refractivity contribution in [2.24, 2.45) is 7.05 Å².